The summed E-state index contributed by atoms with van der Waals surface area (Å²) in [5, 5.41) is 0. The standard InChI is InChI=1S/C23H16FNO4/c1-29-23(28)16-7-4-6-14(11-16)15-9-10-19(20(24)12-15)22(27)25-13-17-5-2-3-8-18(17)21(25)26/h2-12H,13H2,1H3. The van der Waals surface area contributed by atoms with E-state index in [2.05, 4.69) is 0 Å². The molecule has 0 bridgehead atoms. The Balaban J connectivity index is 1.62. The summed E-state index contributed by atoms with van der Waals surface area (Å²) in [6.45, 7) is 0.121. The predicted molar refractivity (Wildman–Crippen MR) is 104 cm³/mol. The number of rotatable bonds is 3. The third kappa shape index (κ3) is 3.29. The molecule has 0 unspecified atom stereocenters. The van der Waals surface area contributed by atoms with E-state index in [1.54, 1.807) is 54.6 Å². The van der Waals surface area contributed by atoms with E-state index in [1.807, 2.05) is 0 Å². The molecule has 0 N–H and O–H groups in total. The lowest BCUT2D eigenvalue weighted by Crippen LogP contribution is -2.31. The van der Waals surface area contributed by atoms with Gasteiger partial charge in [0, 0.05) is 5.56 Å². The first-order chi connectivity index (χ1) is 14.0. The monoisotopic (exact) mass is 389 g/mol. The van der Waals surface area contributed by atoms with Crippen molar-refractivity contribution >= 4 is 17.8 Å². The van der Waals surface area contributed by atoms with E-state index in [0.29, 0.717) is 22.3 Å². The Kier molecular flexibility index (Phi) is 4.68. The number of esters is 1. The molecule has 2 amide bonds. The molecule has 4 rings (SSSR count). The van der Waals surface area contributed by atoms with E-state index in [4.69, 9.17) is 4.74 Å². The van der Waals surface area contributed by atoms with E-state index in [9.17, 15) is 18.8 Å². The second kappa shape index (κ2) is 7.31. The summed E-state index contributed by atoms with van der Waals surface area (Å²) in [5.74, 6) is -2.34. The fourth-order valence-electron chi connectivity index (χ4n) is 3.38. The smallest absolute Gasteiger partial charge is 0.337 e. The Hall–Kier alpha value is -3.80. The predicted octanol–water partition coefficient (Wildman–Crippen LogP) is 4.08. The Morgan fingerprint density at radius 1 is 0.966 bits per heavy atom. The molecule has 0 spiro atoms. The zero-order valence-corrected chi connectivity index (χ0v) is 15.5. The highest BCUT2D eigenvalue weighted by Crippen LogP contribution is 2.27. The maximum atomic E-state index is 14.8. The lowest BCUT2D eigenvalue weighted by atomic mass is 10.0. The van der Waals surface area contributed by atoms with Crippen LogP contribution in [0, 0.1) is 5.82 Å². The summed E-state index contributed by atoms with van der Waals surface area (Å²) in [4.78, 5) is 38.0. The fraction of sp³-hybridized carbons (Fsp3) is 0.0870. The summed E-state index contributed by atoms with van der Waals surface area (Å²) in [7, 11) is 1.28. The second-order valence-corrected chi connectivity index (χ2v) is 6.62. The SMILES string of the molecule is COC(=O)c1cccc(-c2ccc(C(=O)N3Cc4ccccc4C3=O)c(F)c2)c1. The molecule has 0 atom stereocenters. The minimum absolute atomic E-state index is 0.121. The molecule has 0 fully saturated rings. The van der Waals surface area contributed by atoms with E-state index < -0.39 is 23.6 Å². The van der Waals surface area contributed by atoms with Gasteiger partial charge in [-0.25, -0.2) is 9.18 Å². The summed E-state index contributed by atoms with van der Waals surface area (Å²) >= 11 is 0. The molecule has 6 heteroatoms. The van der Waals surface area contributed by atoms with Crippen LogP contribution in [-0.2, 0) is 11.3 Å². The van der Waals surface area contributed by atoms with Gasteiger partial charge in [-0.3, -0.25) is 14.5 Å². The number of hydrogen-bond acceptors (Lipinski definition) is 4. The summed E-state index contributed by atoms with van der Waals surface area (Å²) in [5.41, 5.74) is 2.46. The third-order valence-electron chi connectivity index (χ3n) is 4.88. The molecule has 0 aromatic heterocycles. The number of halogens is 1. The molecule has 0 saturated carbocycles. The van der Waals surface area contributed by atoms with Crippen molar-refractivity contribution < 1.29 is 23.5 Å². The molecule has 5 nitrogen and oxygen atoms in total. The third-order valence-corrected chi connectivity index (χ3v) is 4.88. The molecule has 1 heterocycles. The van der Waals surface area contributed by atoms with Gasteiger partial charge in [0.15, 0.2) is 0 Å². The molecule has 144 valence electrons. The maximum Gasteiger partial charge on any atom is 0.337 e. The van der Waals surface area contributed by atoms with Crippen molar-refractivity contribution in [3.8, 4) is 11.1 Å². The average molecular weight is 389 g/mol. The quantitative estimate of drug-likeness (QED) is 0.500. The van der Waals surface area contributed by atoms with Crippen LogP contribution in [0.5, 0.6) is 0 Å². The molecular weight excluding hydrogens is 373 g/mol. The molecular formula is C23H16FNO4. The lowest BCUT2D eigenvalue weighted by Gasteiger charge is -2.15. The first-order valence-electron chi connectivity index (χ1n) is 8.92. The topological polar surface area (TPSA) is 63.7 Å². The molecule has 29 heavy (non-hydrogen) atoms. The first kappa shape index (κ1) is 18.6. The van der Waals surface area contributed by atoms with Crippen molar-refractivity contribution in [1.29, 1.82) is 0 Å². The second-order valence-electron chi connectivity index (χ2n) is 6.62. The van der Waals surface area contributed by atoms with Gasteiger partial charge in [0.25, 0.3) is 11.8 Å². The molecule has 3 aromatic rings. The number of fused-ring (bicyclic) bond motifs is 1. The van der Waals surface area contributed by atoms with Crippen LogP contribution >= 0.6 is 0 Å². The Labute approximate surface area is 166 Å². The Morgan fingerprint density at radius 2 is 1.72 bits per heavy atom. The minimum Gasteiger partial charge on any atom is -0.465 e. The first-order valence-corrected chi connectivity index (χ1v) is 8.92. The van der Waals surface area contributed by atoms with Crippen molar-refractivity contribution in [1.82, 2.24) is 4.90 Å². The largest absolute Gasteiger partial charge is 0.465 e. The van der Waals surface area contributed by atoms with Crippen LogP contribution in [0.1, 0.15) is 36.6 Å². The Bertz CT molecular complexity index is 1160. The van der Waals surface area contributed by atoms with Crippen LogP contribution in [0.3, 0.4) is 0 Å². The van der Waals surface area contributed by atoms with Crippen LogP contribution < -0.4 is 0 Å². The van der Waals surface area contributed by atoms with Crippen molar-refractivity contribution in [3.05, 3.63) is 94.8 Å². The highest BCUT2D eigenvalue weighted by molar-refractivity contribution is 6.12. The number of amides is 2. The van der Waals surface area contributed by atoms with Gasteiger partial charge >= 0.3 is 5.97 Å². The molecule has 1 aliphatic rings. The van der Waals surface area contributed by atoms with Crippen LogP contribution in [0.2, 0.25) is 0 Å². The highest BCUT2D eigenvalue weighted by atomic mass is 19.1. The van der Waals surface area contributed by atoms with Gasteiger partial charge in [-0.2, -0.15) is 0 Å². The van der Waals surface area contributed by atoms with E-state index in [0.717, 1.165) is 10.5 Å². The van der Waals surface area contributed by atoms with Crippen molar-refractivity contribution in [2.45, 2.75) is 6.54 Å². The van der Waals surface area contributed by atoms with Gasteiger partial charge in [-0.05, 0) is 47.0 Å². The summed E-state index contributed by atoms with van der Waals surface area (Å²) in [6, 6.07) is 17.7. The van der Waals surface area contributed by atoms with Crippen LogP contribution in [0.4, 0.5) is 4.39 Å². The molecule has 0 radical (unpaired) electrons. The van der Waals surface area contributed by atoms with Crippen molar-refractivity contribution in [2.24, 2.45) is 0 Å². The summed E-state index contributed by atoms with van der Waals surface area (Å²) in [6.07, 6.45) is 0. The van der Waals surface area contributed by atoms with Gasteiger partial charge in [0.2, 0.25) is 0 Å². The minimum atomic E-state index is -0.736. The number of benzene rings is 3. The highest BCUT2D eigenvalue weighted by Gasteiger charge is 2.33. The lowest BCUT2D eigenvalue weighted by molar-refractivity contribution is 0.0596. The summed E-state index contributed by atoms with van der Waals surface area (Å²) < 4.78 is 19.5. The molecule has 3 aromatic carbocycles. The normalized spacial score (nSPS) is 12.6. The van der Waals surface area contributed by atoms with E-state index in [1.165, 1.54) is 19.2 Å². The average Bonchev–Trinajstić information content (AvgIpc) is 3.09. The molecule has 0 aliphatic carbocycles. The number of carbonyl (C=O) groups excluding carboxylic acids is 3. The number of nitrogens with zero attached hydrogens (tertiary/aromatic N) is 1. The number of ether oxygens (including phenoxy) is 1. The maximum absolute atomic E-state index is 14.8. The number of hydrogen-bond donors (Lipinski definition) is 0. The van der Waals surface area contributed by atoms with Gasteiger partial charge in [-0.15, -0.1) is 0 Å². The Morgan fingerprint density at radius 3 is 2.45 bits per heavy atom. The van der Waals surface area contributed by atoms with Gasteiger partial charge < -0.3 is 4.74 Å². The van der Waals surface area contributed by atoms with E-state index in [-0.39, 0.29) is 12.1 Å². The van der Waals surface area contributed by atoms with Crippen LogP contribution in [0.25, 0.3) is 11.1 Å². The van der Waals surface area contributed by atoms with Crippen molar-refractivity contribution in [3.63, 3.8) is 0 Å². The number of carbonyl (C=O) groups is 3. The number of imide groups is 1. The number of methoxy groups -OCH3 is 1. The van der Waals surface area contributed by atoms with Crippen LogP contribution in [0.15, 0.2) is 66.7 Å². The van der Waals surface area contributed by atoms with Gasteiger partial charge in [-0.1, -0.05) is 36.4 Å². The fourth-order valence-corrected chi connectivity index (χ4v) is 3.38. The molecule has 0 saturated heterocycles. The zero-order chi connectivity index (χ0) is 20.5. The van der Waals surface area contributed by atoms with Gasteiger partial charge in [0.1, 0.15) is 5.82 Å². The van der Waals surface area contributed by atoms with Crippen LogP contribution in [-0.4, -0.2) is 29.8 Å². The molecule has 1 aliphatic heterocycles. The van der Waals surface area contributed by atoms with Gasteiger partial charge in [0.05, 0.1) is 24.8 Å². The zero-order valence-electron chi connectivity index (χ0n) is 15.5. The van der Waals surface area contributed by atoms with Crippen molar-refractivity contribution in [2.75, 3.05) is 7.11 Å². The van der Waals surface area contributed by atoms with E-state index >= 15 is 0 Å².